The normalized spacial score (nSPS) is 25.8. The van der Waals surface area contributed by atoms with Crippen LogP contribution >= 0.6 is 0 Å². The van der Waals surface area contributed by atoms with Gasteiger partial charge in [-0.25, -0.2) is 9.59 Å². The summed E-state index contributed by atoms with van der Waals surface area (Å²) < 4.78 is 8.51. The van der Waals surface area contributed by atoms with E-state index < -0.39 is 72.6 Å². The first kappa shape index (κ1) is 19.5. The van der Waals surface area contributed by atoms with Gasteiger partial charge in [0.15, 0.2) is 12.2 Å². The van der Waals surface area contributed by atoms with E-state index in [0.717, 1.165) is 0 Å². The molecule has 12 heteroatoms. The Morgan fingerprint density at radius 3 is 1.29 bits per heavy atom. The number of ether oxygens (including phenoxy) is 2. The van der Waals surface area contributed by atoms with Crippen molar-refractivity contribution in [1.82, 2.24) is 0 Å². The maximum Gasteiger partial charge on any atom is 0.327 e. The fourth-order valence-corrected chi connectivity index (χ4v) is 1.63. The fraction of sp³-hybridized carbons (Fsp3) is 0.500. The Morgan fingerprint density at radius 1 is 0.833 bits per heavy atom. The Hall–Kier alpha value is -2.54. The lowest BCUT2D eigenvalue weighted by Gasteiger charge is -2.14. The smallest absolute Gasteiger partial charge is 0.327 e. The molecule has 2 aliphatic heterocycles. The summed E-state index contributed by atoms with van der Waals surface area (Å²) in [6.45, 7) is -1.40. The van der Waals surface area contributed by atoms with Crippen LogP contribution < -0.4 is 10.2 Å². The third kappa shape index (κ3) is 3.86. The summed E-state index contributed by atoms with van der Waals surface area (Å²) in [5.74, 6) is -6.50. The van der Waals surface area contributed by atoms with Crippen LogP contribution in [0, 0.1) is 0 Å². The molecule has 0 aliphatic carbocycles. The van der Waals surface area contributed by atoms with Gasteiger partial charge >= 0.3 is 11.9 Å². The van der Waals surface area contributed by atoms with Gasteiger partial charge < -0.3 is 50.3 Å². The average molecular weight is 350 g/mol. The van der Waals surface area contributed by atoms with Crippen LogP contribution in [0.1, 0.15) is 0 Å². The number of aliphatic hydroxyl groups is 6. The molecule has 12 nitrogen and oxygen atoms in total. The zero-order valence-corrected chi connectivity index (χ0v) is 11.9. The Morgan fingerprint density at radius 2 is 1.12 bits per heavy atom. The quantitative estimate of drug-likeness (QED) is 0.262. The zero-order chi connectivity index (χ0) is 18.6. The lowest BCUT2D eigenvalue weighted by molar-refractivity contribution is -0.303. The van der Waals surface area contributed by atoms with E-state index >= 15 is 0 Å². The van der Waals surface area contributed by atoms with E-state index in [1.165, 1.54) is 0 Å². The highest BCUT2D eigenvalue weighted by Gasteiger charge is 2.34. The molecule has 4 atom stereocenters. The van der Waals surface area contributed by atoms with Crippen molar-refractivity contribution in [2.45, 2.75) is 24.4 Å². The largest absolute Gasteiger partial charge is 0.865 e. The molecule has 0 aromatic carbocycles. The topological polar surface area (TPSA) is 220 Å². The summed E-state index contributed by atoms with van der Waals surface area (Å²) in [6.07, 6.45) is -5.76. The number of aliphatic hydroxyl groups excluding tert-OH is 6. The van der Waals surface area contributed by atoms with Crippen LogP contribution in [0.3, 0.4) is 0 Å². The number of hydrogen-bond acceptors (Lipinski definition) is 12. The van der Waals surface area contributed by atoms with E-state index in [9.17, 15) is 19.8 Å². The molecule has 0 aromatic rings. The van der Waals surface area contributed by atoms with Crippen molar-refractivity contribution < 1.29 is 59.9 Å². The Bertz CT molecular complexity index is 514. The van der Waals surface area contributed by atoms with Crippen molar-refractivity contribution in [2.24, 2.45) is 0 Å². The Kier molecular flexibility index (Phi) is 6.36. The van der Waals surface area contributed by atoms with Crippen molar-refractivity contribution in [3.05, 3.63) is 23.0 Å². The minimum Gasteiger partial charge on any atom is -0.865 e. The van der Waals surface area contributed by atoms with E-state index in [1.54, 1.807) is 0 Å². The van der Waals surface area contributed by atoms with Crippen molar-refractivity contribution in [3.8, 4) is 0 Å². The van der Waals surface area contributed by atoms with Crippen molar-refractivity contribution >= 4 is 11.9 Å². The highest BCUT2D eigenvalue weighted by atomic mass is 16.6. The predicted molar refractivity (Wildman–Crippen MR) is 65.3 cm³/mol. The minimum absolute atomic E-state index is 0.699. The average Bonchev–Trinajstić information content (AvgIpc) is 2.98. The molecule has 0 radical (unpaired) electrons. The van der Waals surface area contributed by atoms with Crippen molar-refractivity contribution in [1.29, 1.82) is 0 Å². The van der Waals surface area contributed by atoms with Crippen molar-refractivity contribution in [2.75, 3.05) is 13.2 Å². The second-order valence-electron chi connectivity index (χ2n) is 4.58. The molecule has 2 aliphatic rings. The third-order valence-corrected chi connectivity index (χ3v) is 2.92. The Labute approximate surface area is 133 Å². The van der Waals surface area contributed by atoms with Gasteiger partial charge in [0, 0.05) is 11.5 Å². The van der Waals surface area contributed by atoms with E-state index in [4.69, 9.17) is 30.6 Å². The first-order chi connectivity index (χ1) is 11.1. The molecule has 0 bridgehead atoms. The van der Waals surface area contributed by atoms with Gasteiger partial charge in [-0.2, -0.15) is 0 Å². The van der Waals surface area contributed by atoms with E-state index in [2.05, 4.69) is 9.47 Å². The number of esters is 2. The molecule has 0 saturated heterocycles. The van der Waals surface area contributed by atoms with Crippen LogP contribution in [0.15, 0.2) is 23.0 Å². The maximum absolute atomic E-state index is 10.6. The second kappa shape index (κ2) is 7.83. The van der Waals surface area contributed by atoms with Crippen LogP contribution in [0.5, 0.6) is 0 Å². The number of rotatable bonds is 4. The van der Waals surface area contributed by atoms with Gasteiger partial charge in [0.05, 0.1) is 13.2 Å². The molecular weight excluding hydrogens is 336 g/mol. The van der Waals surface area contributed by atoms with E-state index in [-0.39, 0.29) is 0 Å². The van der Waals surface area contributed by atoms with Gasteiger partial charge in [-0.1, -0.05) is 0 Å². The molecule has 2 heterocycles. The summed E-state index contributed by atoms with van der Waals surface area (Å²) in [7, 11) is 0. The molecule has 136 valence electrons. The number of carbonyl (C=O) groups excluding carboxylic acids is 2. The van der Waals surface area contributed by atoms with Crippen LogP contribution in [-0.2, 0) is 19.1 Å². The third-order valence-electron chi connectivity index (χ3n) is 2.92. The molecule has 6 N–H and O–H groups in total. The number of hydrogen-bond donors (Lipinski definition) is 6. The van der Waals surface area contributed by atoms with Crippen LogP contribution in [0.25, 0.3) is 0 Å². The first-order valence-electron chi connectivity index (χ1n) is 6.35. The SMILES string of the molecule is O=C1OC(C(O)CO)C(O)=C1[O-].O=C1O[C@H]([C@@H](O)CO)C(O)=C1[O-]. The summed E-state index contributed by atoms with van der Waals surface area (Å²) in [6, 6.07) is 0. The molecular formula is C12H14O12-2. The van der Waals surface area contributed by atoms with Gasteiger partial charge in [-0.3, -0.25) is 0 Å². The van der Waals surface area contributed by atoms with Crippen molar-refractivity contribution in [3.63, 3.8) is 0 Å². The highest BCUT2D eigenvalue weighted by Crippen LogP contribution is 2.20. The zero-order valence-electron chi connectivity index (χ0n) is 11.9. The maximum atomic E-state index is 10.6. The predicted octanol–water partition coefficient (Wildman–Crippen LogP) is -5.21. The lowest BCUT2D eigenvalue weighted by Crippen LogP contribution is -2.31. The molecule has 2 rings (SSSR count). The van der Waals surface area contributed by atoms with Crippen LogP contribution in [-0.4, -0.2) is 80.2 Å². The monoisotopic (exact) mass is 350 g/mol. The molecule has 0 fully saturated rings. The fourth-order valence-electron chi connectivity index (χ4n) is 1.63. The van der Waals surface area contributed by atoms with E-state index in [1.807, 2.05) is 0 Å². The highest BCUT2D eigenvalue weighted by molar-refractivity contribution is 5.89. The molecule has 0 aromatic heterocycles. The summed E-state index contributed by atoms with van der Waals surface area (Å²) in [5.41, 5.74) is 0. The van der Waals surface area contributed by atoms with Gasteiger partial charge in [-0.05, 0) is 0 Å². The molecule has 0 amide bonds. The van der Waals surface area contributed by atoms with Crippen LogP contribution in [0.2, 0.25) is 0 Å². The molecule has 24 heavy (non-hydrogen) atoms. The first-order valence-corrected chi connectivity index (χ1v) is 6.35. The van der Waals surface area contributed by atoms with Gasteiger partial charge in [-0.15, -0.1) is 0 Å². The van der Waals surface area contributed by atoms with Gasteiger partial charge in [0.2, 0.25) is 0 Å². The van der Waals surface area contributed by atoms with Crippen LogP contribution in [0.4, 0.5) is 0 Å². The summed E-state index contributed by atoms with van der Waals surface area (Å²) in [4.78, 5) is 20.9. The number of cyclic esters (lactones) is 2. The number of carbonyl (C=O) groups is 2. The molecule has 0 saturated carbocycles. The minimum atomic E-state index is -1.46. The molecule has 0 spiro atoms. The Balaban J connectivity index is 0.000000240. The second-order valence-corrected chi connectivity index (χ2v) is 4.58. The standard InChI is InChI=1S/2C6H8O6/c2*7-1-2(8)5-3(9)4(10)6(11)12-5/h2*2,5,7-10H,1H2/p-2/t2-,5+;/m0./s1. The van der Waals surface area contributed by atoms with Gasteiger partial charge in [0.1, 0.15) is 23.7 Å². The summed E-state index contributed by atoms with van der Waals surface area (Å²) >= 11 is 0. The summed E-state index contributed by atoms with van der Waals surface area (Å²) in [5, 5.41) is 73.5. The molecule has 2 unspecified atom stereocenters. The van der Waals surface area contributed by atoms with E-state index in [0.29, 0.717) is 0 Å². The van der Waals surface area contributed by atoms with Gasteiger partial charge in [0.25, 0.3) is 0 Å². The lowest BCUT2D eigenvalue weighted by atomic mass is 10.2.